The van der Waals surface area contributed by atoms with Gasteiger partial charge in [-0.15, -0.1) is 0 Å². The first-order valence-corrected chi connectivity index (χ1v) is 27.5. The van der Waals surface area contributed by atoms with Crippen LogP contribution in [0.15, 0.2) is 0 Å². The van der Waals surface area contributed by atoms with E-state index in [1.165, 1.54) is 51.4 Å². The van der Waals surface area contributed by atoms with Crippen molar-refractivity contribution in [3.05, 3.63) is 0 Å². The predicted octanol–water partition coefficient (Wildman–Crippen LogP) is 12.8. The summed E-state index contributed by atoms with van der Waals surface area (Å²) in [6.07, 6.45) is 25.1. The molecule has 398 valence electrons. The van der Waals surface area contributed by atoms with Crippen molar-refractivity contribution in [2.45, 2.75) is 254 Å². The highest BCUT2D eigenvalue weighted by atomic mass is 16.6. The first kappa shape index (κ1) is 64.8. The summed E-state index contributed by atoms with van der Waals surface area (Å²) in [6, 6.07) is 0.321. The van der Waals surface area contributed by atoms with Gasteiger partial charge in [-0.3, -0.25) is 28.8 Å². The summed E-state index contributed by atoms with van der Waals surface area (Å²) in [5, 5.41) is 0. The zero-order valence-electron chi connectivity index (χ0n) is 44.6. The highest BCUT2D eigenvalue weighted by molar-refractivity contribution is 5.73. The first-order valence-electron chi connectivity index (χ1n) is 27.5. The van der Waals surface area contributed by atoms with E-state index in [1.54, 1.807) is 0 Å². The number of carbonyl (C=O) groups excluding carboxylic acids is 6. The van der Waals surface area contributed by atoms with Crippen LogP contribution < -0.4 is 0 Å². The normalized spacial score (nSPS) is 11.6. The third-order valence-electron chi connectivity index (χ3n) is 12.6. The van der Waals surface area contributed by atoms with E-state index in [4.69, 9.17) is 28.4 Å². The van der Waals surface area contributed by atoms with Gasteiger partial charge in [-0.25, -0.2) is 0 Å². The molecule has 68 heavy (non-hydrogen) atoms. The molecule has 0 aliphatic heterocycles. The molecule has 0 bridgehead atoms. The van der Waals surface area contributed by atoms with Crippen LogP contribution in [-0.4, -0.2) is 99.5 Å². The smallest absolute Gasteiger partial charge is 0.306 e. The average molecular weight is 968 g/mol. The van der Waals surface area contributed by atoms with E-state index in [9.17, 15) is 28.8 Å². The van der Waals surface area contributed by atoms with Gasteiger partial charge in [0.2, 0.25) is 0 Å². The monoisotopic (exact) mass is 968 g/mol. The van der Waals surface area contributed by atoms with Crippen LogP contribution in [0.5, 0.6) is 0 Å². The second kappa shape index (κ2) is 45.0. The van der Waals surface area contributed by atoms with E-state index in [0.717, 1.165) is 96.4 Å². The van der Waals surface area contributed by atoms with Gasteiger partial charge in [0.15, 0.2) is 0 Å². The molecule has 0 amide bonds. The topological polar surface area (TPSA) is 161 Å². The lowest BCUT2D eigenvalue weighted by atomic mass is 9.91. The maximum atomic E-state index is 13.6. The number of hydrogen-bond acceptors (Lipinski definition) is 13. The highest BCUT2D eigenvalue weighted by Gasteiger charge is 2.38. The third kappa shape index (κ3) is 38.6. The van der Waals surface area contributed by atoms with Gasteiger partial charge in [0.1, 0.15) is 31.8 Å². The van der Waals surface area contributed by atoms with E-state index in [-0.39, 0.29) is 95.7 Å². The van der Waals surface area contributed by atoms with Crippen molar-refractivity contribution >= 4 is 35.8 Å². The van der Waals surface area contributed by atoms with Crippen molar-refractivity contribution < 1.29 is 57.2 Å². The molecule has 0 rings (SSSR count). The number of rotatable bonds is 48. The Hall–Kier alpha value is -3.22. The Labute approximate surface area is 414 Å². The van der Waals surface area contributed by atoms with E-state index in [1.807, 2.05) is 0 Å². The molecule has 0 aliphatic rings. The maximum absolute atomic E-state index is 13.6. The molecule has 0 aliphatic carbocycles. The third-order valence-corrected chi connectivity index (χ3v) is 12.6. The molecule has 0 spiro atoms. The lowest BCUT2D eigenvalue weighted by molar-refractivity contribution is -0.171. The van der Waals surface area contributed by atoms with Crippen molar-refractivity contribution in [1.82, 2.24) is 4.90 Å². The van der Waals surface area contributed by atoms with Gasteiger partial charge in [0.05, 0.1) is 13.2 Å². The highest BCUT2D eigenvalue weighted by Crippen LogP contribution is 2.26. The summed E-state index contributed by atoms with van der Waals surface area (Å²) in [5.41, 5.74) is -1.42. The summed E-state index contributed by atoms with van der Waals surface area (Å²) in [6.45, 7) is 15.8. The van der Waals surface area contributed by atoms with Crippen molar-refractivity contribution in [1.29, 1.82) is 0 Å². The molecule has 0 radical (unpaired) electrons. The molecule has 0 fully saturated rings. The molecule has 0 aromatic rings. The maximum Gasteiger partial charge on any atom is 0.306 e. The van der Waals surface area contributed by atoms with Crippen LogP contribution in [0.2, 0.25) is 0 Å². The summed E-state index contributed by atoms with van der Waals surface area (Å²) in [4.78, 5) is 80.3. The minimum atomic E-state index is -1.42. The Kier molecular flexibility index (Phi) is 42.8. The zero-order chi connectivity index (χ0) is 50.5. The number of hydrogen-bond donors (Lipinski definition) is 0. The summed E-state index contributed by atoms with van der Waals surface area (Å²) in [7, 11) is 0. The molecular weight excluding hydrogens is 867 g/mol. The fourth-order valence-corrected chi connectivity index (χ4v) is 8.01. The van der Waals surface area contributed by atoms with Crippen LogP contribution in [0, 0.1) is 11.3 Å². The number of esters is 6. The van der Waals surface area contributed by atoms with Gasteiger partial charge in [-0.2, -0.15) is 0 Å². The van der Waals surface area contributed by atoms with Crippen molar-refractivity contribution in [3.63, 3.8) is 0 Å². The van der Waals surface area contributed by atoms with Crippen molar-refractivity contribution in [2.75, 3.05) is 52.7 Å². The molecule has 0 unspecified atom stereocenters. The van der Waals surface area contributed by atoms with Crippen LogP contribution in [0.3, 0.4) is 0 Å². The van der Waals surface area contributed by atoms with Crippen LogP contribution in [0.1, 0.15) is 248 Å². The second-order valence-electron chi connectivity index (χ2n) is 19.4. The molecule has 0 aromatic heterocycles. The molecule has 0 saturated heterocycles. The lowest BCUT2D eigenvalue weighted by Crippen LogP contribution is -2.44. The van der Waals surface area contributed by atoms with Gasteiger partial charge in [0.25, 0.3) is 0 Å². The molecule has 0 atom stereocenters. The van der Waals surface area contributed by atoms with Gasteiger partial charge in [-0.05, 0) is 77.8 Å². The van der Waals surface area contributed by atoms with Crippen molar-refractivity contribution in [3.8, 4) is 0 Å². The Balaban J connectivity index is 5.92. The SMILES string of the molecule is CCCCCCCCCOC(=O)CCCC(=O)OCC(COC(=O)CCCC(=O)OCCCCCCCCC)(COC(=O)CCCN(CC)C(C)C)COC(=O)CC(CCCCC)CCCCC. The van der Waals surface area contributed by atoms with E-state index < -0.39 is 29.3 Å². The van der Waals surface area contributed by atoms with E-state index in [0.29, 0.717) is 32.2 Å². The van der Waals surface area contributed by atoms with Gasteiger partial charge >= 0.3 is 35.8 Å². The van der Waals surface area contributed by atoms with Crippen LogP contribution >= 0.6 is 0 Å². The largest absolute Gasteiger partial charge is 0.466 e. The van der Waals surface area contributed by atoms with Crippen LogP contribution in [0.25, 0.3) is 0 Å². The fourth-order valence-electron chi connectivity index (χ4n) is 8.01. The number of unbranched alkanes of at least 4 members (excludes halogenated alkanes) is 16. The minimum absolute atomic E-state index is 0.0558. The van der Waals surface area contributed by atoms with Crippen LogP contribution in [0.4, 0.5) is 0 Å². The Bertz CT molecular complexity index is 1230. The zero-order valence-corrected chi connectivity index (χ0v) is 44.6. The molecule has 13 heteroatoms. The standard InChI is InChI=1S/C55H101NO12/c1-8-13-17-19-21-23-27-40-63-49(57)34-29-36-51(59)65-43-55(45-67-53(61)38-31-39-56(12-5)47(6)7,46-68-54(62)42-48(32-25-15-10-3)33-26-16-11-4)44-66-52(60)37-30-35-50(58)64-41-28-24-22-20-18-14-9-2/h47-48H,8-46H2,1-7H3. The molecule has 0 saturated carbocycles. The molecule has 0 N–H and O–H groups in total. The quantitative estimate of drug-likeness (QED) is 0.0322. The Morgan fingerprint density at radius 3 is 1.07 bits per heavy atom. The first-order chi connectivity index (χ1) is 32.8. The van der Waals surface area contributed by atoms with Crippen LogP contribution in [-0.2, 0) is 57.2 Å². The number of ether oxygens (including phenoxy) is 6. The Morgan fingerprint density at radius 2 is 0.706 bits per heavy atom. The summed E-state index contributed by atoms with van der Waals surface area (Å²) < 4.78 is 34.1. The lowest BCUT2D eigenvalue weighted by Gasteiger charge is -2.32. The number of nitrogens with zero attached hydrogens (tertiary/aromatic N) is 1. The fraction of sp³-hybridized carbons (Fsp3) is 0.891. The minimum Gasteiger partial charge on any atom is -0.466 e. The molecular formula is C55H101NO12. The molecule has 13 nitrogen and oxygen atoms in total. The number of carbonyl (C=O) groups is 6. The van der Waals surface area contributed by atoms with Gasteiger partial charge < -0.3 is 33.3 Å². The summed E-state index contributed by atoms with van der Waals surface area (Å²) >= 11 is 0. The second-order valence-corrected chi connectivity index (χ2v) is 19.4. The molecule has 0 aromatic carbocycles. The van der Waals surface area contributed by atoms with Crippen molar-refractivity contribution in [2.24, 2.45) is 11.3 Å². The Morgan fingerprint density at radius 1 is 0.382 bits per heavy atom. The van der Waals surface area contributed by atoms with E-state index in [2.05, 4.69) is 53.4 Å². The summed E-state index contributed by atoms with van der Waals surface area (Å²) in [5.74, 6) is -2.69. The predicted molar refractivity (Wildman–Crippen MR) is 270 cm³/mol. The van der Waals surface area contributed by atoms with E-state index >= 15 is 0 Å². The van der Waals surface area contributed by atoms with Gasteiger partial charge in [0, 0.05) is 44.6 Å². The molecule has 0 heterocycles. The van der Waals surface area contributed by atoms with Gasteiger partial charge in [-0.1, -0.05) is 150 Å². The average Bonchev–Trinajstić information content (AvgIpc) is 3.31.